The van der Waals surface area contributed by atoms with Gasteiger partial charge in [0.25, 0.3) is 0 Å². The molecule has 0 aromatic heterocycles. The predicted molar refractivity (Wildman–Crippen MR) is 75.3 cm³/mol. The Morgan fingerprint density at radius 3 is 2.47 bits per heavy atom. The third kappa shape index (κ3) is 3.25. The zero-order chi connectivity index (χ0) is 13.2. The average Bonchev–Trinajstić information content (AvgIpc) is 3.21. The summed E-state index contributed by atoms with van der Waals surface area (Å²) in [4.78, 5) is 4.87. The van der Waals surface area contributed by atoms with Gasteiger partial charge in [0.05, 0.1) is 5.69 Å². The SMILES string of the molecule is Nc1cccc(CN2CCN(CC3CC3)CC2)c1F. The highest BCUT2D eigenvalue weighted by atomic mass is 19.1. The monoisotopic (exact) mass is 263 g/mol. The van der Waals surface area contributed by atoms with Crippen molar-refractivity contribution in [1.29, 1.82) is 0 Å². The van der Waals surface area contributed by atoms with Crippen LogP contribution >= 0.6 is 0 Å². The first-order valence-corrected chi connectivity index (χ1v) is 7.20. The number of anilines is 1. The van der Waals surface area contributed by atoms with Crippen molar-refractivity contribution in [2.45, 2.75) is 19.4 Å². The van der Waals surface area contributed by atoms with Crippen molar-refractivity contribution in [2.75, 3.05) is 38.5 Å². The maximum Gasteiger partial charge on any atom is 0.150 e. The second-order valence-electron chi connectivity index (χ2n) is 5.84. The molecule has 2 aliphatic rings. The van der Waals surface area contributed by atoms with Gasteiger partial charge < -0.3 is 10.6 Å². The normalized spacial score (nSPS) is 21.7. The van der Waals surface area contributed by atoms with Crippen LogP contribution in [0.25, 0.3) is 0 Å². The first kappa shape index (κ1) is 12.9. The molecule has 2 fully saturated rings. The van der Waals surface area contributed by atoms with Crippen LogP contribution in [0.3, 0.4) is 0 Å². The fourth-order valence-corrected chi connectivity index (χ4v) is 2.76. The van der Waals surface area contributed by atoms with E-state index >= 15 is 0 Å². The van der Waals surface area contributed by atoms with E-state index < -0.39 is 0 Å². The highest BCUT2D eigenvalue weighted by Gasteiger charge is 2.26. The minimum absolute atomic E-state index is 0.247. The molecule has 0 unspecified atom stereocenters. The van der Waals surface area contributed by atoms with E-state index in [4.69, 9.17) is 5.73 Å². The summed E-state index contributed by atoms with van der Waals surface area (Å²) in [5.74, 6) is 0.709. The summed E-state index contributed by atoms with van der Waals surface area (Å²) < 4.78 is 13.9. The molecule has 0 amide bonds. The third-order valence-electron chi connectivity index (χ3n) is 4.18. The summed E-state index contributed by atoms with van der Waals surface area (Å²) in [6, 6.07) is 5.28. The molecule has 1 saturated carbocycles. The van der Waals surface area contributed by atoms with Gasteiger partial charge in [-0.15, -0.1) is 0 Å². The lowest BCUT2D eigenvalue weighted by atomic mass is 10.1. The molecule has 0 spiro atoms. The molecule has 4 heteroatoms. The number of halogens is 1. The molecule has 0 radical (unpaired) electrons. The highest BCUT2D eigenvalue weighted by Crippen LogP contribution is 2.30. The summed E-state index contributed by atoms with van der Waals surface area (Å²) in [7, 11) is 0. The maximum absolute atomic E-state index is 13.9. The van der Waals surface area contributed by atoms with Crippen molar-refractivity contribution in [3.63, 3.8) is 0 Å². The van der Waals surface area contributed by atoms with Gasteiger partial charge in [-0.25, -0.2) is 4.39 Å². The van der Waals surface area contributed by atoms with Crippen molar-refractivity contribution < 1.29 is 4.39 Å². The molecular formula is C15H22FN3. The van der Waals surface area contributed by atoms with Crippen LogP contribution in [0.5, 0.6) is 0 Å². The van der Waals surface area contributed by atoms with Crippen molar-refractivity contribution in [1.82, 2.24) is 9.80 Å². The number of hydrogen-bond acceptors (Lipinski definition) is 3. The fraction of sp³-hybridized carbons (Fsp3) is 0.600. The van der Waals surface area contributed by atoms with Gasteiger partial charge in [-0.05, 0) is 24.8 Å². The molecule has 3 nitrogen and oxygen atoms in total. The first-order chi connectivity index (χ1) is 9.22. The van der Waals surface area contributed by atoms with Crippen LogP contribution in [0.1, 0.15) is 18.4 Å². The van der Waals surface area contributed by atoms with Gasteiger partial charge in [-0.2, -0.15) is 0 Å². The quantitative estimate of drug-likeness (QED) is 0.843. The molecule has 1 aromatic rings. The van der Waals surface area contributed by atoms with Crippen LogP contribution in [0.2, 0.25) is 0 Å². The Morgan fingerprint density at radius 1 is 1.11 bits per heavy atom. The van der Waals surface area contributed by atoms with Crippen molar-refractivity contribution >= 4 is 5.69 Å². The Hall–Kier alpha value is -1.13. The number of nitrogens with two attached hydrogens (primary N) is 1. The van der Waals surface area contributed by atoms with Gasteiger partial charge >= 0.3 is 0 Å². The molecule has 1 saturated heterocycles. The second kappa shape index (κ2) is 5.47. The lowest BCUT2D eigenvalue weighted by molar-refractivity contribution is 0.122. The number of nitrogen functional groups attached to an aromatic ring is 1. The lowest BCUT2D eigenvalue weighted by Gasteiger charge is -2.34. The van der Waals surface area contributed by atoms with E-state index in [1.165, 1.54) is 19.4 Å². The van der Waals surface area contributed by atoms with Gasteiger partial charge in [0.1, 0.15) is 0 Å². The third-order valence-corrected chi connectivity index (χ3v) is 4.18. The van der Waals surface area contributed by atoms with E-state index in [0.29, 0.717) is 6.54 Å². The molecule has 1 heterocycles. The molecule has 2 N–H and O–H groups in total. The molecule has 1 aliphatic carbocycles. The molecule has 3 rings (SSSR count). The summed E-state index contributed by atoms with van der Waals surface area (Å²) >= 11 is 0. The van der Waals surface area contributed by atoms with Gasteiger partial charge in [0.2, 0.25) is 0 Å². The Kier molecular flexibility index (Phi) is 3.71. The minimum Gasteiger partial charge on any atom is -0.396 e. The number of hydrogen-bond donors (Lipinski definition) is 1. The molecule has 104 valence electrons. The summed E-state index contributed by atoms with van der Waals surface area (Å²) in [5.41, 5.74) is 6.58. The zero-order valence-corrected chi connectivity index (χ0v) is 11.3. The van der Waals surface area contributed by atoms with E-state index in [-0.39, 0.29) is 11.5 Å². The molecule has 1 aliphatic heterocycles. The van der Waals surface area contributed by atoms with Gasteiger partial charge in [0, 0.05) is 44.8 Å². The maximum atomic E-state index is 13.9. The van der Waals surface area contributed by atoms with Crippen molar-refractivity contribution in [2.24, 2.45) is 5.92 Å². The fourth-order valence-electron chi connectivity index (χ4n) is 2.76. The van der Waals surface area contributed by atoms with Crippen LogP contribution in [0, 0.1) is 11.7 Å². The predicted octanol–water partition coefficient (Wildman–Crippen LogP) is 1.94. The van der Waals surface area contributed by atoms with E-state index in [0.717, 1.165) is 37.7 Å². The Morgan fingerprint density at radius 2 is 1.79 bits per heavy atom. The van der Waals surface area contributed by atoms with Crippen LogP contribution in [-0.4, -0.2) is 42.5 Å². The van der Waals surface area contributed by atoms with Crippen LogP contribution < -0.4 is 5.73 Å². The van der Waals surface area contributed by atoms with E-state index in [2.05, 4.69) is 9.80 Å². The van der Waals surface area contributed by atoms with Crippen LogP contribution in [-0.2, 0) is 6.54 Å². The lowest BCUT2D eigenvalue weighted by Crippen LogP contribution is -2.46. The molecular weight excluding hydrogens is 241 g/mol. The van der Waals surface area contributed by atoms with Crippen LogP contribution in [0.15, 0.2) is 18.2 Å². The van der Waals surface area contributed by atoms with E-state index in [9.17, 15) is 4.39 Å². The van der Waals surface area contributed by atoms with Crippen molar-refractivity contribution in [3.05, 3.63) is 29.6 Å². The van der Waals surface area contributed by atoms with Gasteiger partial charge in [-0.1, -0.05) is 12.1 Å². The molecule has 0 bridgehead atoms. The number of benzene rings is 1. The minimum atomic E-state index is -0.247. The van der Waals surface area contributed by atoms with Crippen LogP contribution in [0.4, 0.5) is 10.1 Å². The number of nitrogens with zero attached hydrogens (tertiary/aromatic N) is 2. The number of rotatable bonds is 4. The van der Waals surface area contributed by atoms with Crippen molar-refractivity contribution in [3.8, 4) is 0 Å². The topological polar surface area (TPSA) is 32.5 Å². The largest absolute Gasteiger partial charge is 0.396 e. The van der Waals surface area contributed by atoms with Gasteiger partial charge in [0.15, 0.2) is 5.82 Å². The highest BCUT2D eigenvalue weighted by molar-refractivity contribution is 5.42. The van der Waals surface area contributed by atoms with E-state index in [1.807, 2.05) is 12.1 Å². The van der Waals surface area contributed by atoms with E-state index in [1.54, 1.807) is 6.07 Å². The Bertz CT molecular complexity index is 437. The standard InChI is InChI=1S/C15H22FN3/c16-15-13(2-1-3-14(15)17)11-19-8-6-18(7-9-19)10-12-4-5-12/h1-3,12H,4-11,17H2. The Labute approximate surface area is 114 Å². The zero-order valence-electron chi connectivity index (χ0n) is 11.3. The Balaban J connectivity index is 1.52. The number of piperazine rings is 1. The average molecular weight is 263 g/mol. The summed E-state index contributed by atoms with van der Waals surface area (Å²) in [5, 5.41) is 0. The summed E-state index contributed by atoms with van der Waals surface area (Å²) in [6.45, 7) is 6.22. The molecule has 0 atom stereocenters. The first-order valence-electron chi connectivity index (χ1n) is 7.20. The second-order valence-corrected chi connectivity index (χ2v) is 5.84. The molecule has 19 heavy (non-hydrogen) atoms. The summed E-state index contributed by atoms with van der Waals surface area (Å²) in [6.07, 6.45) is 2.82. The molecule has 1 aromatic carbocycles. The smallest absolute Gasteiger partial charge is 0.150 e. The van der Waals surface area contributed by atoms with Gasteiger partial charge in [-0.3, -0.25) is 4.90 Å².